The third-order valence-electron chi connectivity index (χ3n) is 2.78. The van der Waals surface area contributed by atoms with Gasteiger partial charge in [-0.15, -0.1) is 11.3 Å². The highest BCUT2D eigenvalue weighted by atomic mass is 32.1. The molecule has 0 spiro atoms. The van der Waals surface area contributed by atoms with Crippen molar-refractivity contribution in [1.82, 2.24) is 4.98 Å². The molecule has 0 aliphatic carbocycles. The molecule has 0 aliphatic heterocycles. The van der Waals surface area contributed by atoms with E-state index >= 15 is 0 Å². The zero-order chi connectivity index (χ0) is 13.2. The molecule has 0 saturated carbocycles. The summed E-state index contributed by atoms with van der Waals surface area (Å²) < 4.78 is 1.10. The Balaban J connectivity index is 1.78. The Morgan fingerprint density at radius 3 is 2.95 bits per heavy atom. The second-order valence-electron chi connectivity index (χ2n) is 4.24. The van der Waals surface area contributed by atoms with Crippen molar-refractivity contribution in [1.29, 1.82) is 0 Å². The number of carbonyl (C=O) groups excluding carboxylic acids is 1. The molecule has 2 heterocycles. The molecule has 3 aromatic rings. The Morgan fingerprint density at radius 2 is 2.21 bits per heavy atom. The molecule has 0 unspecified atom stereocenters. The molecule has 0 saturated heterocycles. The first-order chi connectivity index (χ1) is 9.22. The zero-order valence-electron chi connectivity index (χ0n) is 10.3. The lowest BCUT2D eigenvalue weighted by molar-refractivity contribution is -0.115. The maximum absolute atomic E-state index is 11.9. The average molecular weight is 288 g/mol. The molecule has 0 aliphatic rings. The Kier molecular flexibility index (Phi) is 3.31. The highest BCUT2D eigenvalue weighted by Crippen LogP contribution is 2.27. The molecule has 1 N–H and O–H groups in total. The number of benzene rings is 1. The summed E-state index contributed by atoms with van der Waals surface area (Å²) in [6.07, 6.45) is 0.409. The molecule has 3 nitrogen and oxygen atoms in total. The summed E-state index contributed by atoms with van der Waals surface area (Å²) in [5.41, 5.74) is 2.10. The molecular formula is C14H12N2OS2. The van der Waals surface area contributed by atoms with Gasteiger partial charge in [-0.1, -0.05) is 29.5 Å². The van der Waals surface area contributed by atoms with Gasteiger partial charge >= 0.3 is 0 Å². The molecule has 0 fully saturated rings. The predicted octanol–water partition coefficient (Wildman–Crippen LogP) is 3.85. The smallest absolute Gasteiger partial charge is 0.231 e. The number of aryl methyl sites for hydroxylation is 1. The van der Waals surface area contributed by atoms with Crippen LogP contribution in [0.5, 0.6) is 0 Å². The third kappa shape index (κ3) is 2.67. The quantitative estimate of drug-likeness (QED) is 0.795. The van der Waals surface area contributed by atoms with Crippen molar-refractivity contribution in [2.24, 2.45) is 0 Å². The monoisotopic (exact) mass is 288 g/mol. The predicted molar refractivity (Wildman–Crippen MR) is 81.0 cm³/mol. The van der Waals surface area contributed by atoms with Crippen molar-refractivity contribution in [3.05, 3.63) is 46.2 Å². The maximum Gasteiger partial charge on any atom is 0.231 e. The van der Waals surface area contributed by atoms with E-state index in [0.29, 0.717) is 11.6 Å². The number of fused-ring (bicyclic) bond motifs is 1. The summed E-state index contributed by atoms with van der Waals surface area (Å²) in [6.45, 7) is 2.03. The summed E-state index contributed by atoms with van der Waals surface area (Å²) in [5, 5.41) is 5.52. The van der Waals surface area contributed by atoms with E-state index in [1.165, 1.54) is 11.3 Å². The number of carbonyl (C=O) groups is 1. The molecule has 0 radical (unpaired) electrons. The van der Waals surface area contributed by atoms with Gasteiger partial charge in [0.05, 0.1) is 16.6 Å². The number of thiazole rings is 1. The van der Waals surface area contributed by atoms with Gasteiger partial charge in [-0.25, -0.2) is 4.98 Å². The SMILES string of the molecule is Cc1cccc2sc(NC(=O)Cc3cccs3)nc12. The van der Waals surface area contributed by atoms with Crippen LogP contribution in [0.4, 0.5) is 5.13 Å². The van der Waals surface area contributed by atoms with Crippen molar-refractivity contribution < 1.29 is 4.79 Å². The van der Waals surface area contributed by atoms with Gasteiger partial charge in [0.25, 0.3) is 0 Å². The van der Waals surface area contributed by atoms with Crippen LogP contribution in [0.25, 0.3) is 10.2 Å². The highest BCUT2D eigenvalue weighted by Gasteiger charge is 2.09. The van der Waals surface area contributed by atoms with Crippen LogP contribution in [0.2, 0.25) is 0 Å². The van der Waals surface area contributed by atoms with Crippen LogP contribution < -0.4 is 5.32 Å². The summed E-state index contributed by atoms with van der Waals surface area (Å²) in [6, 6.07) is 9.97. The van der Waals surface area contributed by atoms with Crippen molar-refractivity contribution >= 4 is 43.9 Å². The molecule has 0 atom stereocenters. The number of hydrogen-bond acceptors (Lipinski definition) is 4. The number of aromatic nitrogens is 1. The minimum absolute atomic E-state index is 0.0147. The first-order valence-electron chi connectivity index (χ1n) is 5.91. The summed E-state index contributed by atoms with van der Waals surface area (Å²) >= 11 is 3.10. The van der Waals surface area contributed by atoms with Gasteiger partial charge in [-0.05, 0) is 30.0 Å². The van der Waals surface area contributed by atoms with Gasteiger partial charge in [-0.2, -0.15) is 0 Å². The van der Waals surface area contributed by atoms with Gasteiger partial charge in [0, 0.05) is 4.88 Å². The molecule has 1 aromatic carbocycles. The van der Waals surface area contributed by atoms with Gasteiger partial charge < -0.3 is 5.32 Å². The number of rotatable bonds is 3. The van der Waals surface area contributed by atoms with Crippen LogP contribution in [0.15, 0.2) is 35.7 Å². The number of hydrogen-bond donors (Lipinski definition) is 1. The van der Waals surface area contributed by atoms with Crippen molar-refractivity contribution in [3.8, 4) is 0 Å². The molecule has 2 aromatic heterocycles. The summed E-state index contributed by atoms with van der Waals surface area (Å²) in [7, 11) is 0. The fourth-order valence-corrected chi connectivity index (χ4v) is 3.54. The number of thiophene rings is 1. The van der Waals surface area contributed by atoms with Crippen molar-refractivity contribution in [3.63, 3.8) is 0 Å². The van der Waals surface area contributed by atoms with Crippen LogP contribution in [0.1, 0.15) is 10.4 Å². The first-order valence-corrected chi connectivity index (χ1v) is 7.60. The molecule has 19 heavy (non-hydrogen) atoms. The van der Waals surface area contributed by atoms with Crippen LogP contribution in [0.3, 0.4) is 0 Å². The topological polar surface area (TPSA) is 42.0 Å². The fraction of sp³-hybridized carbons (Fsp3) is 0.143. The molecular weight excluding hydrogens is 276 g/mol. The lowest BCUT2D eigenvalue weighted by Gasteiger charge is -1.98. The number of para-hydroxylation sites is 1. The summed E-state index contributed by atoms with van der Waals surface area (Å²) in [4.78, 5) is 17.4. The van der Waals surface area contributed by atoms with Gasteiger partial charge in [-0.3, -0.25) is 4.79 Å². The van der Waals surface area contributed by atoms with Gasteiger partial charge in [0.1, 0.15) is 0 Å². The largest absolute Gasteiger partial charge is 0.302 e. The normalized spacial score (nSPS) is 10.8. The van der Waals surface area contributed by atoms with E-state index < -0.39 is 0 Å². The summed E-state index contributed by atoms with van der Waals surface area (Å²) in [5.74, 6) is -0.0147. The molecule has 0 bridgehead atoms. The second kappa shape index (κ2) is 5.11. The van der Waals surface area contributed by atoms with Crippen molar-refractivity contribution in [2.45, 2.75) is 13.3 Å². The number of anilines is 1. The van der Waals surface area contributed by atoms with E-state index in [4.69, 9.17) is 0 Å². The number of nitrogens with zero attached hydrogens (tertiary/aromatic N) is 1. The van der Waals surface area contributed by atoms with Crippen LogP contribution >= 0.6 is 22.7 Å². The maximum atomic E-state index is 11.9. The lowest BCUT2D eigenvalue weighted by atomic mass is 10.2. The van der Waals surface area contributed by atoms with Crippen LogP contribution in [-0.2, 0) is 11.2 Å². The van der Waals surface area contributed by atoms with Crippen LogP contribution in [0, 0.1) is 6.92 Å². The molecule has 1 amide bonds. The van der Waals surface area contributed by atoms with E-state index in [2.05, 4.69) is 10.3 Å². The standard InChI is InChI=1S/C14H12N2OS2/c1-9-4-2-6-11-13(9)16-14(19-11)15-12(17)8-10-5-3-7-18-10/h2-7H,8H2,1H3,(H,15,16,17). The molecule has 96 valence electrons. The minimum atomic E-state index is -0.0147. The average Bonchev–Trinajstić information content (AvgIpc) is 2.98. The van der Waals surface area contributed by atoms with E-state index in [1.54, 1.807) is 11.3 Å². The van der Waals surface area contributed by atoms with Gasteiger partial charge in [0.2, 0.25) is 5.91 Å². The van der Waals surface area contributed by atoms with E-state index in [1.807, 2.05) is 42.6 Å². The second-order valence-corrected chi connectivity index (χ2v) is 6.31. The Hall–Kier alpha value is -1.72. The molecule has 5 heteroatoms. The third-order valence-corrected chi connectivity index (χ3v) is 4.59. The van der Waals surface area contributed by atoms with E-state index in [-0.39, 0.29) is 5.91 Å². The zero-order valence-corrected chi connectivity index (χ0v) is 12.0. The number of amides is 1. The fourth-order valence-electron chi connectivity index (χ4n) is 1.87. The van der Waals surface area contributed by atoms with Crippen LogP contribution in [-0.4, -0.2) is 10.9 Å². The minimum Gasteiger partial charge on any atom is -0.302 e. The highest BCUT2D eigenvalue weighted by molar-refractivity contribution is 7.22. The van der Waals surface area contributed by atoms with E-state index in [9.17, 15) is 4.79 Å². The Labute approximate surface area is 118 Å². The Bertz CT molecular complexity index is 716. The molecule has 3 rings (SSSR count). The Morgan fingerprint density at radius 1 is 1.32 bits per heavy atom. The first kappa shape index (κ1) is 12.3. The lowest BCUT2D eigenvalue weighted by Crippen LogP contribution is -2.13. The van der Waals surface area contributed by atoms with E-state index in [0.717, 1.165) is 20.7 Å². The van der Waals surface area contributed by atoms with Gasteiger partial charge in [0.15, 0.2) is 5.13 Å². The van der Waals surface area contributed by atoms with Crippen molar-refractivity contribution in [2.75, 3.05) is 5.32 Å². The number of nitrogens with one attached hydrogen (secondary N) is 1.